The molecule has 0 amide bonds. The van der Waals surface area contributed by atoms with Crippen molar-refractivity contribution in [1.82, 2.24) is 0 Å². The molecule has 0 saturated carbocycles. The van der Waals surface area contributed by atoms with E-state index in [0.717, 1.165) is 10.6 Å². The van der Waals surface area contributed by atoms with Crippen LogP contribution in [0, 0.1) is 10.1 Å². The number of ether oxygens (including phenoxy) is 1. The molecule has 0 aromatic heterocycles. The van der Waals surface area contributed by atoms with Gasteiger partial charge in [0, 0.05) is 22.8 Å². The minimum Gasteiger partial charge on any atom is -0.497 e. The van der Waals surface area contributed by atoms with E-state index in [2.05, 4.69) is 0 Å². The molecule has 0 aliphatic rings. The molecule has 2 aromatic rings. The quantitative estimate of drug-likeness (QED) is 0.503. The summed E-state index contributed by atoms with van der Waals surface area (Å²) in [6, 6.07) is 13.6. The van der Waals surface area contributed by atoms with Crippen LogP contribution in [-0.2, 0) is 0 Å². The molecular formula is C15H15NO4S. The lowest BCUT2D eigenvalue weighted by Gasteiger charge is -2.10. The summed E-state index contributed by atoms with van der Waals surface area (Å²) < 4.78 is 5.08. The summed E-state index contributed by atoms with van der Waals surface area (Å²) in [5, 5.41) is 20.8. The van der Waals surface area contributed by atoms with Crippen molar-refractivity contribution < 1.29 is 14.8 Å². The zero-order valence-electron chi connectivity index (χ0n) is 11.4. The van der Waals surface area contributed by atoms with Crippen molar-refractivity contribution in [2.45, 2.75) is 11.0 Å². The van der Waals surface area contributed by atoms with Crippen molar-refractivity contribution in [3.63, 3.8) is 0 Å². The molecular weight excluding hydrogens is 290 g/mol. The van der Waals surface area contributed by atoms with Gasteiger partial charge in [0.2, 0.25) is 0 Å². The first-order chi connectivity index (χ1) is 10.1. The van der Waals surface area contributed by atoms with E-state index in [1.54, 1.807) is 19.2 Å². The normalized spacial score (nSPS) is 11.9. The summed E-state index contributed by atoms with van der Waals surface area (Å²) in [5.41, 5.74) is 0.534. The number of methoxy groups -OCH3 is 1. The predicted molar refractivity (Wildman–Crippen MR) is 81.8 cm³/mol. The van der Waals surface area contributed by atoms with Gasteiger partial charge in [-0.15, -0.1) is 11.8 Å². The van der Waals surface area contributed by atoms with Gasteiger partial charge in [-0.25, -0.2) is 0 Å². The zero-order valence-corrected chi connectivity index (χ0v) is 12.2. The Morgan fingerprint density at radius 1 is 1.29 bits per heavy atom. The maximum atomic E-state index is 10.7. The van der Waals surface area contributed by atoms with Crippen LogP contribution in [0.25, 0.3) is 0 Å². The molecule has 2 aromatic carbocycles. The molecule has 0 saturated heterocycles. The van der Waals surface area contributed by atoms with E-state index < -0.39 is 11.0 Å². The molecule has 6 heteroatoms. The Balaban J connectivity index is 1.99. The molecule has 0 spiro atoms. The maximum Gasteiger partial charge on any atom is 0.269 e. The molecule has 0 radical (unpaired) electrons. The number of aliphatic hydroxyl groups is 1. The number of nitro benzene ring substituents is 1. The molecule has 0 heterocycles. The van der Waals surface area contributed by atoms with Gasteiger partial charge in [0.15, 0.2) is 0 Å². The summed E-state index contributed by atoms with van der Waals surface area (Å²) in [7, 11) is 1.61. The molecule has 0 fully saturated rings. The van der Waals surface area contributed by atoms with E-state index in [1.165, 1.54) is 23.9 Å². The Kier molecular flexibility index (Phi) is 5.19. The lowest BCUT2D eigenvalue weighted by molar-refractivity contribution is -0.385. The Morgan fingerprint density at radius 2 is 2.00 bits per heavy atom. The van der Waals surface area contributed by atoms with Crippen molar-refractivity contribution in [3.05, 3.63) is 64.2 Å². The first-order valence-corrected chi connectivity index (χ1v) is 7.28. The van der Waals surface area contributed by atoms with Crippen LogP contribution in [0.3, 0.4) is 0 Å². The number of nitrogens with zero attached hydrogens (tertiary/aromatic N) is 1. The van der Waals surface area contributed by atoms with Crippen LogP contribution in [0.1, 0.15) is 11.7 Å². The Bertz CT molecular complexity index is 615. The third-order valence-corrected chi connectivity index (χ3v) is 4.02. The van der Waals surface area contributed by atoms with E-state index in [-0.39, 0.29) is 5.69 Å². The molecule has 1 atom stereocenters. The largest absolute Gasteiger partial charge is 0.497 e. The zero-order chi connectivity index (χ0) is 15.2. The molecule has 0 aliphatic carbocycles. The lowest BCUT2D eigenvalue weighted by Crippen LogP contribution is -2.01. The average molecular weight is 305 g/mol. The number of aliphatic hydroxyl groups excluding tert-OH is 1. The van der Waals surface area contributed by atoms with Crippen molar-refractivity contribution in [1.29, 1.82) is 0 Å². The second kappa shape index (κ2) is 7.10. The van der Waals surface area contributed by atoms with Crippen LogP contribution in [0.4, 0.5) is 5.69 Å². The second-order valence-electron chi connectivity index (χ2n) is 4.35. The van der Waals surface area contributed by atoms with E-state index in [9.17, 15) is 15.2 Å². The smallest absolute Gasteiger partial charge is 0.269 e. The van der Waals surface area contributed by atoms with Gasteiger partial charge in [-0.05, 0) is 29.8 Å². The van der Waals surface area contributed by atoms with Crippen molar-refractivity contribution in [2.24, 2.45) is 0 Å². The van der Waals surface area contributed by atoms with Crippen molar-refractivity contribution in [2.75, 3.05) is 12.9 Å². The standard InChI is InChI=1S/C15H15NO4S/c1-20-13-5-7-14(8-6-13)21-10-15(17)11-3-2-4-12(9-11)16(18)19/h2-9,15,17H,10H2,1H3. The summed E-state index contributed by atoms with van der Waals surface area (Å²) in [4.78, 5) is 11.3. The topological polar surface area (TPSA) is 72.6 Å². The molecule has 110 valence electrons. The van der Waals surface area contributed by atoms with Crippen molar-refractivity contribution in [3.8, 4) is 5.75 Å². The van der Waals surface area contributed by atoms with Gasteiger partial charge in [-0.1, -0.05) is 12.1 Å². The van der Waals surface area contributed by atoms with E-state index in [1.807, 2.05) is 24.3 Å². The molecule has 21 heavy (non-hydrogen) atoms. The van der Waals surface area contributed by atoms with E-state index in [4.69, 9.17) is 4.74 Å². The predicted octanol–water partition coefficient (Wildman–Crippen LogP) is 3.43. The van der Waals surface area contributed by atoms with Crippen LogP contribution in [0.15, 0.2) is 53.4 Å². The van der Waals surface area contributed by atoms with Gasteiger partial charge >= 0.3 is 0 Å². The van der Waals surface area contributed by atoms with Crippen LogP contribution in [0.5, 0.6) is 5.75 Å². The summed E-state index contributed by atoms with van der Waals surface area (Å²) >= 11 is 1.48. The van der Waals surface area contributed by atoms with Crippen LogP contribution in [-0.4, -0.2) is 22.9 Å². The summed E-state index contributed by atoms with van der Waals surface area (Å²) in [5.74, 6) is 1.20. The molecule has 1 N–H and O–H groups in total. The minimum atomic E-state index is -0.753. The van der Waals surface area contributed by atoms with Gasteiger partial charge in [-0.2, -0.15) is 0 Å². The first kappa shape index (κ1) is 15.3. The first-order valence-electron chi connectivity index (χ1n) is 6.29. The van der Waals surface area contributed by atoms with Gasteiger partial charge in [0.1, 0.15) is 5.75 Å². The highest BCUT2D eigenvalue weighted by atomic mass is 32.2. The van der Waals surface area contributed by atoms with Crippen LogP contribution < -0.4 is 4.74 Å². The molecule has 5 nitrogen and oxygen atoms in total. The molecule has 1 unspecified atom stereocenters. The highest BCUT2D eigenvalue weighted by molar-refractivity contribution is 7.99. The molecule has 0 aliphatic heterocycles. The fourth-order valence-electron chi connectivity index (χ4n) is 1.79. The SMILES string of the molecule is COc1ccc(SCC(O)c2cccc([N+](=O)[O-])c2)cc1. The highest BCUT2D eigenvalue weighted by Gasteiger charge is 2.12. The monoisotopic (exact) mass is 305 g/mol. The van der Waals surface area contributed by atoms with Crippen LogP contribution >= 0.6 is 11.8 Å². The minimum absolute atomic E-state index is 0.0130. The lowest BCUT2D eigenvalue weighted by atomic mass is 10.1. The third kappa shape index (κ3) is 4.21. The average Bonchev–Trinajstić information content (AvgIpc) is 2.53. The number of benzene rings is 2. The van der Waals surface area contributed by atoms with E-state index >= 15 is 0 Å². The third-order valence-electron chi connectivity index (χ3n) is 2.93. The number of hydrogen-bond acceptors (Lipinski definition) is 5. The number of non-ortho nitro benzene ring substituents is 1. The molecule has 0 bridgehead atoms. The van der Waals surface area contributed by atoms with E-state index in [0.29, 0.717) is 11.3 Å². The number of rotatable bonds is 6. The van der Waals surface area contributed by atoms with Gasteiger partial charge in [-0.3, -0.25) is 10.1 Å². The second-order valence-corrected chi connectivity index (χ2v) is 5.45. The summed E-state index contributed by atoms with van der Waals surface area (Å²) in [6.07, 6.45) is -0.753. The number of nitro groups is 1. The Labute approximate surface area is 126 Å². The maximum absolute atomic E-state index is 10.7. The van der Waals surface area contributed by atoms with Crippen LogP contribution in [0.2, 0.25) is 0 Å². The van der Waals surface area contributed by atoms with Gasteiger partial charge in [0.05, 0.1) is 18.1 Å². The fourth-order valence-corrected chi connectivity index (χ4v) is 2.66. The van der Waals surface area contributed by atoms with Gasteiger partial charge < -0.3 is 9.84 Å². The van der Waals surface area contributed by atoms with Gasteiger partial charge in [0.25, 0.3) is 5.69 Å². The number of thioether (sulfide) groups is 1. The Morgan fingerprint density at radius 3 is 2.62 bits per heavy atom. The highest BCUT2D eigenvalue weighted by Crippen LogP contribution is 2.27. The Hall–Kier alpha value is -2.05. The number of hydrogen-bond donors (Lipinski definition) is 1. The summed E-state index contributed by atoms with van der Waals surface area (Å²) in [6.45, 7) is 0. The van der Waals surface area contributed by atoms with Crippen molar-refractivity contribution >= 4 is 17.4 Å². The fraction of sp³-hybridized carbons (Fsp3) is 0.200. The molecule has 2 rings (SSSR count).